The Kier molecular flexibility index (Phi) is 5.65. The maximum absolute atomic E-state index is 5.42. The van der Waals surface area contributed by atoms with E-state index in [-0.39, 0.29) is 6.17 Å². The summed E-state index contributed by atoms with van der Waals surface area (Å²) < 4.78 is 15.4. The third-order valence-electron chi connectivity index (χ3n) is 1.31. The van der Waals surface area contributed by atoms with Crippen LogP contribution in [0.15, 0.2) is 0 Å². The second kappa shape index (κ2) is 5.64. The van der Waals surface area contributed by atoms with Crippen LogP contribution in [0.4, 0.5) is 0 Å². The molecule has 0 saturated heterocycles. The van der Waals surface area contributed by atoms with Crippen molar-refractivity contribution in [2.75, 3.05) is 33.5 Å². The standard InChI is InChI=1S/C5H16N2O3Si/c1-8-11(5-7,9-2)10-4-3-6/h3-7H2,1-2H3. The second-order valence-corrected chi connectivity index (χ2v) is 4.81. The molecule has 5 nitrogen and oxygen atoms in total. The van der Waals surface area contributed by atoms with Crippen LogP contribution in [-0.4, -0.2) is 42.3 Å². The summed E-state index contributed by atoms with van der Waals surface area (Å²) in [5.41, 5.74) is 10.7. The number of hydrogen-bond donors (Lipinski definition) is 2. The molecule has 0 aliphatic heterocycles. The zero-order chi connectivity index (χ0) is 8.74. The topological polar surface area (TPSA) is 79.7 Å². The van der Waals surface area contributed by atoms with Gasteiger partial charge in [-0.2, -0.15) is 0 Å². The predicted octanol–water partition coefficient (Wildman–Crippen LogP) is -1.31. The summed E-state index contributed by atoms with van der Waals surface area (Å²) in [7, 11) is 0.513. The number of nitrogens with two attached hydrogens (primary N) is 2. The van der Waals surface area contributed by atoms with Gasteiger partial charge in [-0.1, -0.05) is 0 Å². The van der Waals surface area contributed by atoms with Crippen molar-refractivity contribution in [3.05, 3.63) is 0 Å². The van der Waals surface area contributed by atoms with Gasteiger partial charge in [0.05, 0.1) is 12.8 Å². The van der Waals surface area contributed by atoms with Crippen LogP contribution in [0.2, 0.25) is 0 Å². The molecule has 0 radical (unpaired) electrons. The van der Waals surface area contributed by atoms with E-state index in [2.05, 4.69) is 0 Å². The summed E-state index contributed by atoms with van der Waals surface area (Å²) in [6.07, 6.45) is 0.278. The monoisotopic (exact) mass is 180 g/mol. The molecule has 0 fully saturated rings. The van der Waals surface area contributed by atoms with Crippen LogP contribution >= 0.6 is 0 Å². The molecule has 0 bridgehead atoms. The van der Waals surface area contributed by atoms with Gasteiger partial charge in [0.1, 0.15) is 0 Å². The first-order valence-electron chi connectivity index (χ1n) is 3.39. The van der Waals surface area contributed by atoms with Gasteiger partial charge in [-0.25, -0.2) is 0 Å². The average Bonchev–Trinajstić information content (AvgIpc) is 2.08. The van der Waals surface area contributed by atoms with Crippen molar-refractivity contribution < 1.29 is 13.3 Å². The molecule has 0 saturated carbocycles. The second-order valence-electron chi connectivity index (χ2n) is 1.93. The highest BCUT2D eigenvalue weighted by Gasteiger charge is 2.36. The van der Waals surface area contributed by atoms with E-state index in [1.165, 1.54) is 14.2 Å². The van der Waals surface area contributed by atoms with Crippen LogP contribution in [0, 0.1) is 0 Å². The molecule has 0 heterocycles. The lowest BCUT2D eigenvalue weighted by atomic mass is 10.8. The highest BCUT2D eigenvalue weighted by atomic mass is 28.4. The zero-order valence-corrected chi connectivity index (χ0v) is 8.00. The van der Waals surface area contributed by atoms with E-state index in [0.717, 1.165) is 0 Å². The van der Waals surface area contributed by atoms with E-state index in [1.54, 1.807) is 0 Å². The molecule has 6 heteroatoms. The lowest BCUT2D eigenvalue weighted by molar-refractivity contribution is 0.103. The van der Waals surface area contributed by atoms with E-state index in [4.69, 9.17) is 24.7 Å². The van der Waals surface area contributed by atoms with Gasteiger partial charge < -0.3 is 24.7 Å². The van der Waals surface area contributed by atoms with Crippen LogP contribution in [0.1, 0.15) is 0 Å². The largest absolute Gasteiger partial charge is 0.514 e. The molecule has 0 unspecified atom stereocenters. The molecule has 0 atom stereocenters. The summed E-state index contributed by atoms with van der Waals surface area (Å²) in [4.78, 5) is 0. The van der Waals surface area contributed by atoms with Crippen molar-refractivity contribution in [1.29, 1.82) is 0 Å². The minimum Gasteiger partial charge on any atom is -0.376 e. The van der Waals surface area contributed by atoms with Crippen LogP contribution in [0.5, 0.6) is 0 Å². The highest BCUT2D eigenvalue weighted by molar-refractivity contribution is 6.60. The Hall–Kier alpha value is 0.0169. The molecule has 0 aromatic carbocycles. The molecule has 0 aliphatic carbocycles. The molecule has 0 aromatic rings. The van der Waals surface area contributed by atoms with Crippen LogP contribution < -0.4 is 11.5 Å². The minimum atomic E-state index is -2.54. The van der Waals surface area contributed by atoms with Gasteiger partial charge in [-0.05, 0) is 0 Å². The van der Waals surface area contributed by atoms with Crippen LogP contribution in [-0.2, 0) is 13.3 Å². The Labute approximate surface area is 68.0 Å². The molecule has 68 valence electrons. The fourth-order valence-corrected chi connectivity index (χ4v) is 1.92. The molecular formula is C5H16N2O3Si. The van der Waals surface area contributed by atoms with Crippen molar-refractivity contribution in [2.45, 2.75) is 0 Å². The lowest BCUT2D eigenvalue weighted by Gasteiger charge is -2.24. The van der Waals surface area contributed by atoms with Crippen molar-refractivity contribution in [1.82, 2.24) is 0 Å². The van der Waals surface area contributed by atoms with Crippen LogP contribution in [0.25, 0.3) is 0 Å². The fraction of sp³-hybridized carbons (Fsp3) is 1.00. The summed E-state index contributed by atoms with van der Waals surface area (Å²) in [5, 5.41) is 0. The van der Waals surface area contributed by atoms with Crippen molar-refractivity contribution in [3.8, 4) is 0 Å². The Morgan fingerprint density at radius 3 is 2.00 bits per heavy atom. The summed E-state index contributed by atoms with van der Waals surface area (Å²) >= 11 is 0. The van der Waals surface area contributed by atoms with Gasteiger partial charge >= 0.3 is 8.80 Å². The first-order chi connectivity index (χ1) is 5.24. The summed E-state index contributed by atoms with van der Waals surface area (Å²) in [6, 6.07) is 0. The molecule has 0 aliphatic rings. The third-order valence-corrected chi connectivity index (χ3v) is 3.70. The van der Waals surface area contributed by atoms with Crippen molar-refractivity contribution in [3.63, 3.8) is 0 Å². The van der Waals surface area contributed by atoms with Crippen LogP contribution in [0.3, 0.4) is 0 Å². The predicted molar refractivity (Wildman–Crippen MR) is 43.8 cm³/mol. The van der Waals surface area contributed by atoms with Gasteiger partial charge in [-0.15, -0.1) is 0 Å². The number of hydrogen-bond acceptors (Lipinski definition) is 5. The van der Waals surface area contributed by atoms with E-state index >= 15 is 0 Å². The maximum atomic E-state index is 5.42. The van der Waals surface area contributed by atoms with Gasteiger partial charge in [0.15, 0.2) is 0 Å². The van der Waals surface area contributed by atoms with E-state index in [0.29, 0.717) is 13.2 Å². The lowest BCUT2D eigenvalue weighted by Crippen LogP contribution is -2.52. The molecule has 4 N–H and O–H groups in total. The minimum absolute atomic E-state index is 0.278. The first kappa shape index (κ1) is 11.0. The van der Waals surface area contributed by atoms with Gasteiger partial charge in [0.25, 0.3) is 0 Å². The molecule has 0 aromatic heterocycles. The van der Waals surface area contributed by atoms with E-state index in [1.807, 2.05) is 0 Å². The Balaban J connectivity index is 3.84. The molecule has 0 amide bonds. The Morgan fingerprint density at radius 1 is 1.18 bits per heavy atom. The SMILES string of the molecule is CO[Si](CN)(OC)OCCN. The maximum Gasteiger partial charge on any atom is 0.514 e. The van der Waals surface area contributed by atoms with Crippen molar-refractivity contribution in [2.24, 2.45) is 11.5 Å². The smallest absolute Gasteiger partial charge is 0.376 e. The first-order valence-corrected chi connectivity index (χ1v) is 5.32. The molecule has 0 spiro atoms. The summed E-state index contributed by atoms with van der Waals surface area (Å²) in [6.45, 7) is 0.868. The van der Waals surface area contributed by atoms with Gasteiger partial charge in [-0.3, -0.25) is 0 Å². The number of rotatable bonds is 6. The van der Waals surface area contributed by atoms with Gasteiger partial charge in [0, 0.05) is 20.8 Å². The Bertz CT molecular complexity index is 91.5. The summed E-state index contributed by atoms with van der Waals surface area (Å²) in [5.74, 6) is 0. The zero-order valence-electron chi connectivity index (χ0n) is 7.00. The van der Waals surface area contributed by atoms with E-state index < -0.39 is 8.80 Å². The Morgan fingerprint density at radius 2 is 1.73 bits per heavy atom. The molecular weight excluding hydrogens is 164 g/mol. The van der Waals surface area contributed by atoms with E-state index in [9.17, 15) is 0 Å². The fourth-order valence-electron chi connectivity index (χ4n) is 0.641. The van der Waals surface area contributed by atoms with Gasteiger partial charge in [0.2, 0.25) is 0 Å². The van der Waals surface area contributed by atoms with Crippen molar-refractivity contribution >= 4 is 8.80 Å². The average molecular weight is 180 g/mol. The highest BCUT2D eigenvalue weighted by Crippen LogP contribution is 2.03. The normalized spacial score (nSPS) is 12.0. The molecule has 0 rings (SSSR count). The molecule has 11 heavy (non-hydrogen) atoms. The third kappa shape index (κ3) is 3.28. The quantitative estimate of drug-likeness (QED) is 0.496.